The Labute approximate surface area is 120 Å². The van der Waals surface area contributed by atoms with Gasteiger partial charge in [0.2, 0.25) is 5.91 Å². The molecule has 1 atom stereocenters. The summed E-state index contributed by atoms with van der Waals surface area (Å²) in [5.41, 5.74) is 3.84. The maximum absolute atomic E-state index is 12.1. The van der Waals surface area contributed by atoms with Crippen LogP contribution in [0.1, 0.15) is 31.2 Å². The van der Waals surface area contributed by atoms with Gasteiger partial charge in [0.05, 0.1) is 0 Å². The molecule has 0 spiro atoms. The van der Waals surface area contributed by atoms with Gasteiger partial charge in [0.15, 0.2) is 0 Å². The number of amides is 1. The normalized spacial score (nSPS) is 21.9. The highest BCUT2D eigenvalue weighted by molar-refractivity contribution is 5.85. The number of likely N-dealkylation sites (N-methyl/N-ethyl adjacent to an activating group) is 1. The molecule has 0 aromatic heterocycles. The summed E-state index contributed by atoms with van der Waals surface area (Å²) in [5, 5.41) is 6.24. The Bertz CT molecular complexity index is 500. The van der Waals surface area contributed by atoms with Gasteiger partial charge in [0, 0.05) is 31.5 Å². The highest BCUT2D eigenvalue weighted by Gasteiger charge is 2.28. The summed E-state index contributed by atoms with van der Waals surface area (Å²) >= 11 is 0. The summed E-state index contributed by atoms with van der Waals surface area (Å²) in [5.74, 6) is 0.139. The van der Waals surface area contributed by atoms with Crippen LogP contribution in [0.3, 0.4) is 0 Å². The predicted octanol–water partition coefficient (Wildman–Crippen LogP) is 2.15. The molecule has 0 radical (unpaired) electrons. The molecule has 0 aliphatic carbocycles. The van der Waals surface area contributed by atoms with Crippen LogP contribution < -0.4 is 15.5 Å². The SMILES string of the molecule is CNC(=O)C1CCCCN1c1ccc2c(c1)CCCN2. The fourth-order valence-electron chi connectivity index (χ4n) is 3.32. The van der Waals surface area contributed by atoms with Crippen LogP contribution in [0.2, 0.25) is 0 Å². The molecule has 1 fully saturated rings. The fourth-order valence-corrected chi connectivity index (χ4v) is 3.32. The number of fused-ring (bicyclic) bond motifs is 1. The van der Waals surface area contributed by atoms with Crippen LogP contribution in [0.5, 0.6) is 0 Å². The number of rotatable bonds is 2. The molecule has 4 nitrogen and oxygen atoms in total. The lowest BCUT2D eigenvalue weighted by Crippen LogP contribution is -2.48. The summed E-state index contributed by atoms with van der Waals surface area (Å²) in [6.07, 6.45) is 5.59. The average Bonchev–Trinajstić information content (AvgIpc) is 2.53. The van der Waals surface area contributed by atoms with Crippen molar-refractivity contribution in [2.24, 2.45) is 0 Å². The number of carbonyl (C=O) groups excluding carboxylic acids is 1. The van der Waals surface area contributed by atoms with Crippen LogP contribution in [0, 0.1) is 0 Å². The van der Waals surface area contributed by atoms with E-state index >= 15 is 0 Å². The van der Waals surface area contributed by atoms with E-state index in [0.29, 0.717) is 0 Å². The van der Waals surface area contributed by atoms with E-state index < -0.39 is 0 Å². The number of aryl methyl sites for hydroxylation is 1. The molecule has 2 aliphatic heterocycles. The van der Waals surface area contributed by atoms with Crippen LogP contribution in [0.4, 0.5) is 11.4 Å². The van der Waals surface area contributed by atoms with Crippen molar-refractivity contribution in [3.63, 3.8) is 0 Å². The van der Waals surface area contributed by atoms with Crippen LogP contribution in [-0.2, 0) is 11.2 Å². The van der Waals surface area contributed by atoms with Gasteiger partial charge in [-0.1, -0.05) is 0 Å². The van der Waals surface area contributed by atoms with Gasteiger partial charge in [-0.05, 0) is 55.9 Å². The number of anilines is 2. The highest BCUT2D eigenvalue weighted by atomic mass is 16.2. The van der Waals surface area contributed by atoms with Crippen molar-refractivity contribution in [1.82, 2.24) is 5.32 Å². The Balaban J connectivity index is 1.87. The van der Waals surface area contributed by atoms with Gasteiger partial charge in [0.1, 0.15) is 6.04 Å². The molecule has 2 aliphatic rings. The van der Waals surface area contributed by atoms with Gasteiger partial charge in [-0.25, -0.2) is 0 Å². The molecular formula is C16H23N3O. The van der Waals surface area contributed by atoms with Gasteiger partial charge in [0.25, 0.3) is 0 Å². The molecule has 1 aromatic rings. The summed E-state index contributed by atoms with van der Waals surface area (Å²) in [4.78, 5) is 14.3. The van der Waals surface area contributed by atoms with Crippen molar-refractivity contribution in [3.05, 3.63) is 23.8 Å². The number of hydrogen-bond acceptors (Lipinski definition) is 3. The Morgan fingerprint density at radius 3 is 3.10 bits per heavy atom. The summed E-state index contributed by atoms with van der Waals surface area (Å²) in [6.45, 7) is 2.04. The topological polar surface area (TPSA) is 44.4 Å². The molecule has 1 unspecified atom stereocenters. The number of piperidine rings is 1. The third-order valence-electron chi connectivity index (χ3n) is 4.41. The zero-order valence-corrected chi connectivity index (χ0v) is 12.1. The first kappa shape index (κ1) is 13.3. The largest absolute Gasteiger partial charge is 0.385 e. The standard InChI is InChI=1S/C16H23N3O/c1-17-16(20)15-6-2-3-10-19(15)13-7-8-14-12(11-13)5-4-9-18-14/h7-8,11,15,18H,2-6,9-10H2,1H3,(H,17,20). The summed E-state index contributed by atoms with van der Waals surface area (Å²) in [7, 11) is 1.73. The Kier molecular flexibility index (Phi) is 3.81. The monoisotopic (exact) mass is 273 g/mol. The molecular weight excluding hydrogens is 250 g/mol. The minimum absolute atomic E-state index is 0.0108. The molecule has 108 valence electrons. The van der Waals surface area contributed by atoms with E-state index in [0.717, 1.165) is 32.4 Å². The first-order chi connectivity index (χ1) is 9.79. The van der Waals surface area contributed by atoms with Gasteiger partial charge in [-0.15, -0.1) is 0 Å². The van der Waals surface area contributed by atoms with Crippen molar-refractivity contribution in [2.75, 3.05) is 30.4 Å². The number of nitrogens with one attached hydrogen (secondary N) is 2. The lowest BCUT2D eigenvalue weighted by molar-refractivity contribution is -0.122. The molecule has 2 N–H and O–H groups in total. The van der Waals surface area contributed by atoms with E-state index in [-0.39, 0.29) is 11.9 Å². The maximum Gasteiger partial charge on any atom is 0.242 e. The van der Waals surface area contributed by atoms with E-state index in [1.165, 1.54) is 29.8 Å². The Morgan fingerprint density at radius 2 is 2.25 bits per heavy atom. The summed E-state index contributed by atoms with van der Waals surface area (Å²) < 4.78 is 0. The molecule has 3 rings (SSSR count). The molecule has 0 saturated carbocycles. The molecule has 2 heterocycles. The second kappa shape index (κ2) is 5.73. The lowest BCUT2D eigenvalue weighted by atomic mass is 9.98. The van der Waals surface area contributed by atoms with E-state index in [4.69, 9.17) is 0 Å². The van der Waals surface area contributed by atoms with Crippen molar-refractivity contribution < 1.29 is 4.79 Å². The minimum atomic E-state index is -0.0108. The highest BCUT2D eigenvalue weighted by Crippen LogP contribution is 2.30. The van der Waals surface area contributed by atoms with Gasteiger partial charge >= 0.3 is 0 Å². The van der Waals surface area contributed by atoms with Crippen LogP contribution in [0.25, 0.3) is 0 Å². The zero-order valence-electron chi connectivity index (χ0n) is 12.1. The molecule has 20 heavy (non-hydrogen) atoms. The molecule has 1 amide bonds. The molecule has 4 heteroatoms. The third kappa shape index (κ3) is 2.47. The zero-order chi connectivity index (χ0) is 13.9. The first-order valence-corrected chi connectivity index (χ1v) is 7.64. The van der Waals surface area contributed by atoms with Crippen molar-refractivity contribution >= 4 is 17.3 Å². The smallest absolute Gasteiger partial charge is 0.242 e. The number of hydrogen-bond donors (Lipinski definition) is 2. The van der Waals surface area contributed by atoms with Crippen LogP contribution in [0.15, 0.2) is 18.2 Å². The van der Waals surface area contributed by atoms with Crippen molar-refractivity contribution in [3.8, 4) is 0 Å². The lowest BCUT2D eigenvalue weighted by Gasteiger charge is -2.37. The second-order valence-corrected chi connectivity index (χ2v) is 5.69. The Hall–Kier alpha value is -1.71. The van der Waals surface area contributed by atoms with Gasteiger partial charge in [-0.3, -0.25) is 4.79 Å². The number of carbonyl (C=O) groups is 1. The quantitative estimate of drug-likeness (QED) is 0.868. The van der Waals surface area contributed by atoms with Crippen molar-refractivity contribution in [1.29, 1.82) is 0 Å². The second-order valence-electron chi connectivity index (χ2n) is 5.69. The van der Waals surface area contributed by atoms with Gasteiger partial charge in [-0.2, -0.15) is 0 Å². The van der Waals surface area contributed by atoms with E-state index in [1.54, 1.807) is 7.05 Å². The number of nitrogens with zero attached hydrogens (tertiary/aromatic N) is 1. The Morgan fingerprint density at radius 1 is 1.35 bits per heavy atom. The molecule has 1 aromatic carbocycles. The fraction of sp³-hybridized carbons (Fsp3) is 0.562. The third-order valence-corrected chi connectivity index (χ3v) is 4.41. The van der Waals surface area contributed by atoms with Crippen LogP contribution in [-0.4, -0.2) is 32.1 Å². The maximum atomic E-state index is 12.1. The van der Waals surface area contributed by atoms with Gasteiger partial charge < -0.3 is 15.5 Å². The molecule has 0 bridgehead atoms. The first-order valence-electron chi connectivity index (χ1n) is 7.64. The van der Waals surface area contributed by atoms with E-state index in [9.17, 15) is 4.79 Å². The average molecular weight is 273 g/mol. The summed E-state index contributed by atoms with van der Waals surface area (Å²) in [6, 6.07) is 6.57. The minimum Gasteiger partial charge on any atom is -0.385 e. The van der Waals surface area contributed by atoms with Crippen molar-refractivity contribution in [2.45, 2.75) is 38.1 Å². The van der Waals surface area contributed by atoms with E-state index in [1.807, 2.05) is 0 Å². The molecule has 1 saturated heterocycles. The number of benzene rings is 1. The van der Waals surface area contributed by atoms with Crippen LogP contribution >= 0.6 is 0 Å². The predicted molar refractivity (Wildman–Crippen MR) is 82.3 cm³/mol. The van der Waals surface area contributed by atoms with E-state index in [2.05, 4.69) is 33.7 Å².